The molecule has 4 nitrogen and oxygen atoms in total. The van der Waals surface area contributed by atoms with Crippen LogP contribution in [0.2, 0.25) is 5.02 Å². The van der Waals surface area contributed by atoms with E-state index in [1.165, 1.54) is 0 Å². The number of nitrogens with one attached hydrogen (secondary N) is 1. The molecule has 1 N–H and O–H groups in total. The highest BCUT2D eigenvalue weighted by atomic mass is 35.5. The predicted molar refractivity (Wildman–Crippen MR) is 92.4 cm³/mol. The molecule has 122 valence electrons. The van der Waals surface area contributed by atoms with Gasteiger partial charge in [-0.3, -0.25) is 4.79 Å². The van der Waals surface area contributed by atoms with Crippen LogP contribution in [0.1, 0.15) is 20.3 Å². The molecular weight excluding hydrogens is 314 g/mol. The maximum absolute atomic E-state index is 12.2. The number of halogens is 1. The van der Waals surface area contributed by atoms with Crippen molar-refractivity contribution in [1.82, 2.24) is 0 Å². The zero-order valence-electron chi connectivity index (χ0n) is 13.2. The fourth-order valence-electron chi connectivity index (χ4n) is 1.90. The van der Waals surface area contributed by atoms with Gasteiger partial charge in [-0.2, -0.15) is 0 Å². The molecule has 5 heteroatoms. The maximum atomic E-state index is 12.2. The topological polar surface area (TPSA) is 47.6 Å². The van der Waals surface area contributed by atoms with E-state index in [2.05, 4.69) is 5.32 Å². The fraction of sp³-hybridized carbons (Fsp3) is 0.278. The van der Waals surface area contributed by atoms with Crippen LogP contribution in [0, 0.1) is 0 Å². The van der Waals surface area contributed by atoms with Gasteiger partial charge in [-0.1, -0.05) is 24.6 Å². The molecule has 0 aliphatic heterocycles. The first-order chi connectivity index (χ1) is 11.1. The summed E-state index contributed by atoms with van der Waals surface area (Å²) in [7, 11) is 0. The van der Waals surface area contributed by atoms with Crippen molar-refractivity contribution in [3.05, 3.63) is 53.6 Å². The zero-order valence-corrected chi connectivity index (χ0v) is 14.0. The lowest BCUT2D eigenvalue weighted by molar-refractivity contribution is -0.122. The monoisotopic (exact) mass is 333 g/mol. The largest absolute Gasteiger partial charge is 0.494 e. The Bertz CT molecular complexity index is 643. The Kier molecular flexibility index (Phi) is 6.29. The maximum Gasteiger partial charge on any atom is 0.265 e. The molecule has 2 aromatic carbocycles. The SMILES string of the molecule is CCCOc1cccc(NC(=O)C(C)Oc2ccc(Cl)cc2)c1. The van der Waals surface area contributed by atoms with Crippen molar-refractivity contribution in [3.8, 4) is 11.5 Å². The van der Waals surface area contributed by atoms with Gasteiger partial charge in [0.15, 0.2) is 6.10 Å². The molecule has 0 saturated carbocycles. The third-order valence-electron chi connectivity index (χ3n) is 3.07. The van der Waals surface area contributed by atoms with Gasteiger partial charge in [0.05, 0.1) is 6.61 Å². The summed E-state index contributed by atoms with van der Waals surface area (Å²) < 4.78 is 11.1. The van der Waals surface area contributed by atoms with Gasteiger partial charge < -0.3 is 14.8 Å². The summed E-state index contributed by atoms with van der Waals surface area (Å²) in [5, 5.41) is 3.44. The van der Waals surface area contributed by atoms with Gasteiger partial charge in [0.2, 0.25) is 0 Å². The van der Waals surface area contributed by atoms with Crippen LogP contribution in [0.25, 0.3) is 0 Å². The minimum absolute atomic E-state index is 0.229. The summed E-state index contributed by atoms with van der Waals surface area (Å²) >= 11 is 5.82. The number of amides is 1. The summed E-state index contributed by atoms with van der Waals surface area (Å²) in [5.74, 6) is 1.10. The van der Waals surface area contributed by atoms with Gasteiger partial charge in [-0.15, -0.1) is 0 Å². The van der Waals surface area contributed by atoms with Crippen LogP contribution in [0.15, 0.2) is 48.5 Å². The van der Waals surface area contributed by atoms with E-state index in [-0.39, 0.29) is 5.91 Å². The zero-order chi connectivity index (χ0) is 16.7. The lowest BCUT2D eigenvalue weighted by Gasteiger charge is -2.15. The van der Waals surface area contributed by atoms with Crippen LogP contribution < -0.4 is 14.8 Å². The summed E-state index contributed by atoms with van der Waals surface area (Å²) in [6, 6.07) is 14.2. The van der Waals surface area contributed by atoms with E-state index in [9.17, 15) is 4.79 Å². The lowest BCUT2D eigenvalue weighted by Crippen LogP contribution is -2.30. The van der Waals surface area contributed by atoms with Gasteiger partial charge in [0, 0.05) is 16.8 Å². The van der Waals surface area contributed by atoms with Gasteiger partial charge >= 0.3 is 0 Å². The highest BCUT2D eigenvalue weighted by Gasteiger charge is 2.15. The molecule has 1 atom stereocenters. The predicted octanol–water partition coefficient (Wildman–Crippen LogP) is 4.53. The van der Waals surface area contributed by atoms with Crippen LogP contribution in [0.4, 0.5) is 5.69 Å². The average molecular weight is 334 g/mol. The van der Waals surface area contributed by atoms with E-state index >= 15 is 0 Å². The second-order valence-electron chi connectivity index (χ2n) is 5.08. The van der Waals surface area contributed by atoms with Crippen molar-refractivity contribution < 1.29 is 14.3 Å². The molecule has 0 aromatic heterocycles. The Morgan fingerprint density at radius 3 is 2.61 bits per heavy atom. The highest BCUT2D eigenvalue weighted by molar-refractivity contribution is 6.30. The van der Waals surface area contributed by atoms with E-state index in [1.54, 1.807) is 37.3 Å². The first-order valence-electron chi connectivity index (χ1n) is 7.54. The van der Waals surface area contributed by atoms with Crippen LogP contribution in [-0.2, 0) is 4.79 Å². The summed E-state index contributed by atoms with van der Waals surface area (Å²) in [6.45, 7) is 4.39. The second kappa shape index (κ2) is 8.44. The van der Waals surface area contributed by atoms with Gasteiger partial charge in [0.25, 0.3) is 5.91 Å². The number of anilines is 1. The van der Waals surface area contributed by atoms with Gasteiger partial charge in [-0.25, -0.2) is 0 Å². The molecule has 23 heavy (non-hydrogen) atoms. The Morgan fingerprint density at radius 1 is 1.17 bits per heavy atom. The Hall–Kier alpha value is -2.20. The summed E-state index contributed by atoms with van der Waals surface area (Å²) in [6.07, 6.45) is 0.305. The quantitative estimate of drug-likeness (QED) is 0.809. The molecule has 1 unspecified atom stereocenters. The summed E-state index contributed by atoms with van der Waals surface area (Å²) in [4.78, 5) is 12.2. The van der Waals surface area contributed by atoms with Crippen LogP contribution >= 0.6 is 11.6 Å². The molecule has 0 radical (unpaired) electrons. The van der Waals surface area contributed by atoms with Gasteiger partial charge in [0.1, 0.15) is 11.5 Å². The molecule has 0 spiro atoms. The van der Waals surface area contributed by atoms with Crippen molar-refractivity contribution in [2.24, 2.45) is 0 Å². The second-order valence-corrected chi connectivity index (χ2v) is 5.52. The normalized spacial score (nSPS) is 11.6. The van der Waals surface area contributed by atoms with Crippen molar-refractivity contribution in [1.29, 1.82) is 0 Å². The molecule has 0 saturated heterocycles. The third kappa shape index (κ3) is 5.49. The van der Waals surface area contributed by atoms with Crippen molar-refractivity contribution in [3.63, 3.8) is 0 Å². The fourth-order valence-corrected chi connectivity index (χ4v) is 2.02. The molecule has 0 bridgehead atoms. The van der Waals surface area contributed by atoms with Gasteiger partial charge in [-0.05, 0) is 49.7 Å². The minimum atomic E-state index is -0.628. The molecule has 2 rings (SSSR count). The molecular formula is C18H20ClNO3. The minimum Gasteiger partial charge on any atom is -0.494 e. The molecule has 0 heterocycles. The molecule has 0 fully saturated rings. The molecule has 0 aliphatic carbocycles. The first kappa shape index (κ1) is 17.2. The van der Waals surface area contributed by atoms with E-state index in [0.717, 1.165) is 12.2 Å². The number of hydrogen-bond donors (Lipinski definition) is 1. The number of benzene rings is 2. The molecule has 2 aromatic rings. The van der Waals surface area contributed by atoms with Crippen LogP contribution in [0.5, 0.6) is 11.5 Å². The third-order valence-corrected chi connectivity index (χ3v) is 3.32. The number of hydrogen-bond acceptors (Lipinski definition) is 3. The standard InChI is InChI=1S/C18H20ClNO3/c1-3-11-22-17-6-4-5-15(12-17)20-18(21)13(2)23-16-9-7-14(19)8-10-16/h4-10,12-13H,3,11H2,1-2H3,(H,20,21). The average Bonchev–Trinajstić information content (AvgIpc) is 2.55. The Labute approximate surface area is 141 Å². The molecule has 1 amide bonds. The number of rotatable bonds is 7. The summed E-state index contributed by atoms with van der Waals surface area (Å²) in [5.41, 5.74) is 0.676. The van der Waals surface area contributed by atoms with E-state index in [1.807, 2.05) is 25.1 Å². The van der Waals surface area contributed by atoms with Crippen molar-refractivity contribution in [2.75, 3.05) is 11.9 Å². The van der Waals surface area contributed by atoms with E-state index in [4.69, 9.17) is 21.1 Å². The lowest BCUT2D eigenvalue weighted by atomic mass is 10.2. The highest BCUT2D eigenvalue weighted by Crippen LogP contribution is 2.19. The number of ether oxygens (including phenoxy) is 2. The van der Waals surface area contributed by atoms with Crippen molar-refractivity contribution in [2.45, 2.75) is 26.4 Å². The number of carbonyl (C=O) groups excluding carboxylic acids is 1. The Balaban J connectivity index is 1.93. The van der Waals surface area contributed by atoms with E-state index < -0.39 is 6.10 Å². The first-order valence-corrected chi connectivity index (χ1v) is 7.92. The smallest absolute Gasteiger partial charge is 0.265 e. The van der Waals surface area contributed by atoms with Crippen LogP contribution in [-0.4, -0.2) is 18.6 Å². The van der Waals surface area contributed by atoms with E-state index in [0.29, 0.717) is 23.1 Å². The number of carbonyl (C=O) groups is 1. The Morgan fingerprint density at radius 2 is 1.91 bits per heavy atom. The van der Waals surface area contributed by atoms with Crippen LogP contribution in [0.3, 0.4) is 0 Å². The van der Waals surface area contributed by atoms with Crippen molar-refractivity contribution >= 4 is 23.2 Å². The molecule has 0 aliphatic rings.